The quantitative estimate of drug-likeness (QED) is 0.100. The number of ether oxygens (including phenoxy) is 2. The molecule has 0 spiro atoms. The van der Waals surface area contributed by atoms with Gasteiger partial charge in [-0.15, -0.1) is 0 Å². The van der Waals surface area contributed by atoms with Crippen LogP contribution in [0, 0.1) is 5.41 Å². The van der Waals surface area contributed by atoms with E-state index in [9.17, 15) is 9.90 Å². The largest absolute Gasteiger partial charge is 0.489 e. The summed E-state index contributed by atoms with van der Waals surface area (Å²) in [6.07, 6.45) is 0.271. The Hall–Kier alpha value is -5.95. The molecule has 12 heteroatoms. The third-order valence-electron chi connectivity index (χ3n) is 13.9. The van der Waals surface area contributed by atoms with Gasteiger partial charge in [-0.2, -0.15) is 9.97 Å². The highest BCUT2D eigenvalue weighted by atomic mass is 28.4. The minimum atomic E-state index is -2.91. The maximum absolute atomic E-state index is 13.5. The molecule has 2 aliphatic rings. The van der Waals surface area contributed by atoms with Crippen LogP contribution in [0.15, 0.2) is 127 Å². The summed E-state index contributed by atoms with van der Waals surface area (Å²) < 4.78 is 20.3. The Bertz CT molecular complexity index is 2580. The van der Waals surface area contributed by atoms with Crippen molar-refractivity contribution in [3.8, 4) is 11.8 Å². The molecule has 1 unspecified atom stereocenters. The van der Waals surface area contributed by atoms with Crippen molar-refractivity contribution in [3.63, 3.8) is 0 Å². The fourth-order valence-corrected chi connectivity index (χ4v) is 14.9. The third-order valence-corrected chi connectivity index (χ3v) is 19.0. The lowest BCUT2D eigenvalue weighted by molar-refractivity contribution is -0.0200. The van der Waals surface area contributed by atoms with Crippen molar-refractivity contribution in [3.05, 3.63) is 144 Å². The van der Waals surface area contributed by atoms with Gasteiger partial charge in [-0.05, 0) is 64.8 Å². The van der Waals surface area contributed by atoms with Crippen LogP contribution in [-0.2, 0) is 24.0 Å². The highest BCUT2D eigenvalue weighted by Crippen LogP contribution is 2.45. The van der Waals surface area contributed by atoms with Gasteiger partial charge in [0, 0.05) is 62.0 Å². The Balaban J connectivity index is 1.15. The maximum atomic E-state index is 13.5. The molecule has 67 heavy (non-hydrogen) atoms. The van der Waals surface area contributed by atoms with Crippen molar-refractivity contribution in [1.29, 1.82) is 0 Å². The predicted molar refractivity (Wildman–Crippen MR) is 273 cm³/mol. The average molecular weight is 921 g/mol. The second-order valence-electron chi connectivity index (χ2n) is 20.4. The Morgan fingerprint density at radius 1 is 0.761 bits per heavy atom. The fourth-order valence-electron chi connectivity index (χ4n) is 10.3. The molecule has 0 aliphatic carbocycles. The molecule has 2 aliphatic heterocycles. The molecule has 0 saturated carbocycles. The van der Waals surface area contributed by atoms with Crippen LogP contribution in [0.25, 0.3) is 10.8 Å². The van der Waals surface area contributed by atoms with E-state index in [4.69, 9.17) is 23.9 Å². The van der Waals surface area contributed by atoms with E-state index in [2.05, 4.69) is 165 Å². The van der Waals surface area contributed by atoms with Crippen molar-refractivity contribution in [1.82, 2.24) is 19.8 Å². The monoisotopic (exact) mass is 921 g/mol. The zero-order chi connectivity index (χ0) is 47.4. The number of aromatic nitrogens is 2. The normalized spacial score (nSPS) is 16.9. The number of benzene rings is 5. The van der Waals surface area contributed by atoms with Gasteiger partial charge in [0.05, 0.1) is 17.8 Å². The summed E-state index contributed by atoms with van der Waals surface area (Å²) in [5, 5.41) is 15.5. The van der Waals surface area contributed by atoms with E-state index in [-0.39, 0.29) is 5.04 Å². The van der Waals surface area contributed by atoms with Crippen LogP contribution < -0.4 is 29.6 Å². The molecule has 0 radical (unpaired) electrons. The number of hydrogen-bond acceptors (Lipinski definition) is 9. The number of carbonyl (C=O) groups is 1. The van der Waals surface area contributed by atoms with Gasteiger partial charge in [0.15, 0.2) is 0 Å². The van der Waals surface area contributed by atoms with Crippen molar-refractivity contribution < 1.29 is 23.8 Å². The lowest BCUT2D eigenvalue weighted by atomic mass is 9.69. The van der Waals surface area contributed by atoms with Crippen LogP contribution in [0.3, 0.4) is 0 Å². The highest BCUT2D eigenvalue weighted by Gasteiger charge is 2.55. The van der Waals surface area contributed by atoms with Crippen LogP contribution in [0.2, 0.25) is 5.04 Å². The number of anilines is 2. The van der Waals surface area contributed by atoms with Crippen molar-refractivity contribution in [2.45, 2.75) is 78.1 Å². The highest BCUT2D eigenvalue weighted by molar-refractivity contribution is 6.99. The van der Waals surface area contributed by atoms with Crippen molar-refractivity contribution >= 4 is 47.1 Å². The summed E-state index contributed by atoms with van der Waals surface area (Å²) in [6.45, 7) is 17.8. The number of amides is 1. The molecule has 1 N–H and O–H groups in total. The van der Waals surface area contributed by atoms with E-state index in [0.717, 1.165) is 51.4 Å². The summed E-state index contributed by atoms with van der Waals surface area (Å²) in [5.41, 5.74) is 2.86. The number of nitrogens with zero attached hydrogens (tertiary/aromatic N) is 6. The number of fused-ring (bicyclic) bond motifs is 2. The van der Waals surface area contributed by atoms with Crippen LogP contribution in [-0.4, -0.2) is 105 Å². The van der Waals surface area contributed by atoms with Gasteiger partial charge in [-0.25, -0.2) is 4.79 Å². The van der Waals surface area contributed by atoms with Gasteiger partial charge < -0.3 is 33.7 Å². The molecule has 8 rings (SSSR count). The number of carboxylic acid groups (broad SMARTS) is 1. The fraction of sp³-hybridized carbons (Fsp3) is 0.400. The van der Waals surface area contributed by atoms with Gasteiger partial charge in [-0.1, -0.05) is 157 Å². The van der Waals surface area contributed by atoms with E-state index < -0.39 is 25.4 Å². The van der Waals surface area contributed by atoms with Gasteiger partial charge in [0.2, 0.25) is 0 Å². The summed E-state index contributed by atoms with van der Waals surface area (Å²) in [6, 6.07) is 44.6. The number of rotatable bonds is 15. The second kappa shape index (κ2) is 19.7. The molecule has 1 aromatic heterocycles. The molecule has 0 bridgehead atoms. The minimum Gasteiger partial charge on any atom is -0.489 e. The lowest BCUT2D eigenvalue weighted by Crippen LogP contribution is -2.71. The van der Waals surface area contributed by atoms with Crippen LogP contribution in [0.5, 0.6) is 11.8 Å². The Morgan fingerprint density at radius 3 is 2.03 bits per heavy atom. The summed E-state index contributed by atoms with van der Waals surface area (Å²) in [5.74, 6) is 1.63. The average Bonchev–Trinajstić information content (AvgIpc) is 3.31. The number of piperazine rings is 1. The van der Waals surface area contributed by atoms with Crippen LogP contribution in [0.1, 0.15) is 64.8 Å². The van der Waals surface area contributed by atoms with Crippen LogP contribution in [0.4, 0.5) is 16.3 Å². The first kappa shape index (κ1) is 47.5. The first-order valence-electron chi connectivity index (χ1n) is 23.7. The van der Waals surface area contributed by atoms with E-state index in [1.165, 1.54) is 10.4 Å². The minimum absolute atomic E-state index is 0.227. The van der Waals surface area contributed by atoms with Crippen molar-refractivity contribution in [2.24, 2.45) is 5.41 Å². The molecule has 5 aromatic carbocycles. The molecule has 1 amide bonds. The van der Waals surface area contributed by atoms with Crippen molar-refractivity contribution in [2.75, 3.05) is 69.8 Å². The summed E-state index contributed by atoms with van der Waals surface area (Å²) in [7, 11) is 1.13. The Kier molecular flexibility index (Phi) is 14.0. The van der Waals surface area contributed by atoms with E-state index in [1.54, 1.807) is 4.90 Å². The molecule has 1 atom stereocenters. The SMILES string of the molecule is CN(C)CCOc1nc2c(c(N3CCN(C(=O)O)C(CCO[Si](c4ccccc4)(c4ccccc4)C(C)(C)C)(C(C)(C)C)C3)n1)CCN(c1cc(OCc3ccccc3)cc3ccccc13)C2. The number of likely N-dealkylation sites (N-methyl/N-ethyl adjacent to an activating group) is 1. The molecular weight excluding hydrogens is 853 g/mol. The topological polar surface area (TPSA) is 104 Å². The number of hydrogen-bond donors (Lipinski definition) is 1. The summed E-state index contributed by atoms with van der Waals surface area (Å²) >= 11 is 0. The van der Waals surface area contributed by atoms with Crippen LogP contribution >= 0.6 is 0 Å². The molecule has 1 fully saturated rings. The van der Waals surface area contributed by atoms with Gasteiger partial charge in [0.25, 0.3) is 8.32 Å². The van der Waals surface area contributed by atoms with E-state index >= 15 is 0 Å². The predicted octanol–water partition coefficient (Wildman–Crippen LogP) is 9.26. The third kappa shape index (κ3) is 9.89. The first-order valence-corrected chi connectivity index (χ1v) is 25.6. The lowest BCUT2D eigenvalue weighted by Gasteiger charge is -2.57. The van der Waals surface area contributed by atoms with E-state index in [1.807, 2.05) is 32.3 Å². The molecule has 6 aromatic rings. The molecule has 11 nitrogen and oxygen atoms in total. The zero-order valence-electron chi connectivity index (χ0n) is 40.7. The Morgan fingerprint density at radius 2 is 1.40 bits per heavy atom. The van der Waals surface area contributed by atoms with E-state index in [0.29, 0.717) is 71.4 Å². The summed E-state index contributed by atoms with van der Waals surface area (Å²) in [4.78, 5) is 32.3. The Labute approximate surface area is 398 Å². The zero-order valence-corrected chi connectivity index (χ0v) is 41.7. The van der Waals surface area contributed by atoms with Gasteiger partial charge in [-0.3, -0.25) is 4.90 Å². The van der Waals surface area contributed by atoms with Gasteiger partial charge in [0.1, 0.15) is 24.8 Å². The second-order valence-corrected chi connectivity index (χ2v) is 24.7. The molecule has 1 saturated heterocycles. The molecular formula is C55H68N6O5Si. The first-order chi connectivity index (χ1) is 32.1. The van der Waals surface area contributed by atoms with Gasteiger partial charge >= 0.3 is 12.1 Å². The smallest absolute Gasteiger partial charge is 0.407 e. The maximum Gasteiger partial charge on any atom is 0.407 e. The molecule has 3 heterocycles. The molecule has 352 valence electrons. The standard InChI is InChI=1S/C55H68N6O5Si/c1-53(2,3)55(29-34-66-67(54(4,5)6,44-23-14-10-15-24-44)45-25-16-11-17-26-45)40-60(31-32-61(55)52(62)63)50-47-28-30-59(38-48(47)56-51(57-50)64-35-33-58(7)8)49-37-43(36-42-22-18-19-27-46(42)49)65-39-41-20-12-9-13-21-41/h9-27,36-37H,28-35,38-40H2,1-8H3,(H,62,63).